The first-order valence-electron chi connectivity index (χ1n) is 8.16. The molecular formula is C18H17FN4O3S. The molecule has 27 heavy (non-hydrogen) atoms. The number of fused-ring (bicyclic) bond motifs is 1. The number of nitrogens with one attached hydrogen (secondary N) is 3. The summed E-state index contributed by atoms with van der Waals surface area (Å²) < 4.78 is 18.4. The van der Waals surface area contributed by atoms with Crippen molar-refractivity contribution in [3.8, 4) is 5.75 Å². The van der Waals surface area contributed by atoms with Gasteiger partial charge in [0.1, 0.15) is 18.1 Å². The maximum Gasteiger partial charge on any atom is 0.258 e. The first-order valence-corrected chi connectivity index (χ1v) is 8.57. The number of benzene rings is 2. The molecule has 0 aromatic heterocycles. The van der Waals surface area contributed by atoms with Crippen LogP contribution in [0, 0.1) is 5.82 Å². The number of thiocarbonyl (C=S) groups is 1. The summed E-state index contributed by atoms with van der Waals surface area (Å²) in [6, 6.07) is 12.6. The molecule has 0 spiro atoms. The third kappa shape index (κ3) is 4.91. The predicted molar refractivity (Wildman–Crippen MR) is 103 cm³/mol. The largest absolute Gasteiger partial charge is 0.491 e. The van der Waals surface area contributed by atoms with Gasteiger partial charge in [-0.05, 0) is 48.6 Å². The molecule has 0 saturated heterocycles. The molecule has 0 unspecified atom stereocenters. The van der Waals surface area contributed by atoms with Gasteiger partial charge >= 0.3 is 0 Å². The number of hydrogen-bond donors (Lipinski definition) is 3. The maximum absolute atomic E-state index is 12.9. The van der Waals surface area contributed by atoms with Gasteiger partial charge in [0.25, 0.3) is 5.91 Å². The van der Waals surface area contributed by atoms with Gasteiger partial charge in [-0.3, -0.25) is 25.3 Å². The van der Waals surface area contributed by atoms with Crippen LogP contribution in [0.25, 0.3) is 0 Å². The Morgan fingerprint density at radius 2 is 1.89 bits per heavy atom. The van der Waals surface area contributed by atoms with Gasteiger partial charge in [0, 0.05) is 5.69 Å². The Morgan fingerprint density at radius 3 is 2.67 bits per heavy atom. The average Bonchev–Trinajstić information content (AvgIpc) is 2.81. The number of para-hydroxylation sites is 2. The van der Waals surface area contributed by atoms with Gasteiger partial charge in [0.05, 0.1) is 18.7 Å². The van der Waals surface area contributed by atoms with E-state index < -0.39 is 5.91 Å². The second-order valence-electron chi connectivity index (χ2n) is 5.68. The Labute approximate surface area is 160 Å². The van der Waals surface area contributed by atoms with Crippen LogP contribution in [0.5, 0.6) is 5.75 Å². The van der Waals surface area contributed by atoms with Crippen LogP contribution in [-0.4, -0.2) is 30.1 Å². The molecule has 9 heteroatoms. The second-order valence-corrected chi connectivity index (χ2v) is 6.09. The molecule has 0 bridgehead atoms. The molecule has 1 heterocycles. The van der Waals surface area contributed by atoms with Crippen molar-refractivity contribution in [1.82, 2.24) is 10.9 Å². The van der Waals surface area contributed by atoms with E-state index in [1.54, 1.807) is 24.3 Å². The van der Waals surface area contributed by atoms with Crippen molar-refractivity contribution in [3.05, 3.63) is 54.3 Å². The third-order valence-corrected chi connectivity index (χ3v) is 3.95. The number of carbonyl (C=O) groups excluding carboxylic acids is 2. The zero-order valence-corrected chi connectivity index (χ0v) is 15.0. The summed E-state index contributed by atoms with van der Waals surface area (Å²) in [7, 11) is 0. The summed E-state index contributed by atoms with van der Waals surface area (Å²) in [5.41, 5.74) is 6.09. The summed E-state index contributed by atoms with van der Waals surface area (Å²) >= 11 is 5.07. The monoisotopic (exact) mass is 388 g/mol. The lowest BCUT2D eigenvalue weighted by molar-refractivity contribution is -0.124. The van der Waals surface area contributed by atoms with E-state index in [2.05, 4.69) is 16.2 Å². The van der Waals surface area contributed by atoms with Crippen molar-refractivity contribution in [3.63, 3.8) is 0 Å². The minimum atomic E-state index is -0.455. The van der Waals surface area contributed by atoms with Gasteiger partial charge < -0.3 is 10.1 Å². The van der Waals surface area contributed by atoms with Crippen LogP contribution in [-0.2, 0) is 9.59 Å². The minimum Gasteiger partial charge on any atom is -0.491 e. The van der Waals surface area contributed by atoms with Crippen molar-refractivity contribution in [2.45, 2.75) is 6.42 Å². The van der Waals surface area contributed by atoms with Crippen LogP contribution in [0.4, 0.5) is 15.8 Å². The predicted octanol–water partition coefficient (Wildman–Crippen LogP) is 1.96. The number of ether oxygens (including phenoxy) is 1. The quantitative estimate of drug-likeness (QED) is 0.551. The highest BCUT2D eigenvalue weighted by atomic mass is 32.1. The summed E-state index contributed by atoms with van der Waals surface area (Å²) in [4.78, 5) is 25.9. The van der Waals surface area contributed by atoms with Gasteiger partial charge in [-0.1, -0.05) is 12.1 Å². The lowest BCUT2D eigenvalue weighted by Crippen LogP contribution is -2.48. The Morgan fingerprint density at radius 1 is 1.15 bits per heavy atom. The Hall–Kier alpha value is -3.20. The molecule has 2 amide bonds. The smallest absolute Gasteiger partial charge is 0.258 e. The van der Waals surface area contributed by atoms with E-state index in [1.807, 2.05) is 0 Å². The van der Waals surface area contributed by atoms with Gasteiger partial charge in [0.15, 0.2) is 5.11 Å². The molecular weight excluding hydrogens is 371 g/mol. The number of anilines is 2. The van der Waals surface area contributed by atoms with Crippen molar-refractivity contribution >= 4 is 40.5 Å². The molecule has 140 valence electrons. The Bertz CT molecular complexity index is 860. The van der Waals surface area contributed by atoms with E-state index in [1.165, 1.54) is 29.2 Å². The number of amides is 2. The number of rotatable bonds is 3. The van der Waals surface area contributed by atoms with Crippen molar-refractivity contribution < 1.29 is 18.7 Å². The summed E-state index contributed by atoms with van der Waals surface area (Å²) in [6.07, 6.45) is 0.180. The van der Waals surface area contributed by atoms with Crippen LogP contribution in [0.1, 0.15) is 6.42 Å². The lowest BCUT2D eigenvalue weighted by Gasteiger charge is -2.21. The first-order chi connectivity index (χ1) is 13.0. The number of nitrogens with zero attached hydrogens (tertiary/aromatic N) is 1. The molecule has 0 radical (unpaired) electrons. The number of hydrazine groups is 1. The molecule has 7 nitrogen and oxygen atoms in total. The topological polar surface area (TPSA) is 82.7 Å². The zero-order chi connectivity index (χ0) is 19.2. The Balaban J connectivity index is 1.56. The fourth-order valence-electron chi connectivity index (χ4n) is 2.50. The molecule has 3 N–H and O–H groups in total. The van der Waals surface area contributed by atoms with Gasteiger partial charge in [-0.25, -0.2) is 4.39 Å². The standard InChI is InChI=1S/C18H17FN4O3S/c19-12-5-7-13(8-6-12)20-18(27)22-21-16(24)11-23-14-3-1-2-4-15(14)26-10-9-17(23)25/h1-8H,9-11H2,(H,21,24)(H2,20,22,27). The minimum absolute atomic E-state index is 0.126. The molecule has 2 aromatic carbocycles. The fraction of sp³-hybridized carbons (Fsp3) is 0.167. The molecule has 1 aliphatic rings. The third-order valence-electron chi connectivity index (χ3n) is 3.75. The zero-order valence-electron chi connectivity index (χ0n) is 14.2. The van der Waals surface area contributed by atoms with Crippen LogP contribution in [0.15, 0.2) is 48.5 Å². The van der Waals surface area contributed by atoms with Gasteiger partial charge in [0.2, 0.25) is 5.91 Å². The van der Waals surface area contributed by atoms with Gasteiger partial charge in [-0.15, -0.1) is 0 Å². The summed E-state index contributed by atoms with van der Waals surface area (Å²) in [5.74, 6) is -0.470. The molecule has 1 aliphatic heterocycles. The summed E-state index contributed by atoms with van der Waals surface area (Å²) in [5, 5.41) is 2.93. The van der Waals surface area contributed by atoms with E-state index in [-0.39, 0.29) is 36.4 Å². The van der Waals surface area contributed by atoms with Crippen LogP contribution >= 0.6 is 12.2 Å². The van der Waals surface area contributed by atoms with Crippen LogP contribution in [0.2, 0.25) is 0 Å². The molecule has 0 fully saturated rings. The number of carbonyl (C=O) groups is 2. The number of hydrogen-bond acceptors (Lipinski definition) is 4. The van der Waals surface area contributed by atoms with E-state index >= 15 is 0 Å². The Kier molecular flexibility index (Phi) is 5.82. The van der Waals surface area contributed by atoms with Crippen molar-refractivity contribution in [1.29, 1.82) is 0 Å². The molecule has 3 rings (SSSR count). The highest BCUT2D eigenvalue weighted by Gasteiger charge is 2.24. The SMILES string of the molecule is O=C(CN1C(=O)CCOc2ccccc21)NNC(=S)Nc1ccc(F)cc1. The second kappa shape index (κ2) is 8.45. The van der Waals surface area contributed by atoms with E-state index in [9.17, 15) is 14.0 Å². The first kappa shape index (κ1) is 18.6. The fourth-order valence-corrected chi connectivity index (χ4v) is 2.67. The van der Waals surface area contributed by atoms with Crippen LogP contribution < -0.4 is 25.8 Å². The van der Waals surface area contributed by atoms with Crippen molar-refractivity contribution in [2.75, 3.05) is 23.4 Å². The maximum atomic E-state index is 12.9. The highest BCUT2D eigenvalue weighted by molar-refractivity contribution is 7.80. The van der Waals surface area contributed by atoms with Crippen molar-refractivity contribution in [2.24, 2.45) is 0 Å². The molecule has 2 aromatic rings. The van der Waals surface area contributed by atoms with E-state index in [4.69, 9.17) is 17.0 Å². The number of halogens is 1. The van der Waals surface area contributed by atoms with Gasteiger partial charge in [-0.2, -0.15) is 0 Å². The molecule has 0 aliphatic carbocycles. The average molecular weight is 388 g/mol. The van der Waals surface area contributed by atoms with E-state index in [0.717, 1.165) is 0 Å². The normalized spacial score (nSPS) is 13.1. The molecule has 0 atom stereocenters. The van der Waals surface area contributed by atoms with Crippen LogP contribution in [0.3, 0.4) is 0 Å². The molecule has 0 saturated carbocycles. The highest BCUT2D eigenvalue weighted by Crippen LogP contribution is 2.30. The lowest BCUT2D eigenvalue weighted by atomic mass is 10.2. The summed E-state index contributed by atoms with van der Waals surface area (Å²) in [6.45, 7) is 0.0727. The van der Waals surface area contributed by atoms with E-state index in [0.29, 0.717) is 17.1 Å².